The topological polar surface area (TPSA) is 75.4 Å². The molecule has 0 aliphatic carbocycles. The van der Waals surface area contributed by atoms with Gasteiger partial charge < -0.3 is 10.0 Å². The van der Waals surface area contributed by atoms with E-state index >= 15 is 0 Å². The monoisotopic (exact) mass is 239 g/mol. The first-order valence-electron chi connectivity index (χ1n) is 5.47. The van der Waals surface area contributed by atoms with E-state index in [1.54, 1.807) is 31.0 Å². The molecule has 6 nitrogen and oxygen atoms in total. The van der Waals surface area contributed by atoms with Crippen LogP contribution in [0.3, 0.4) is 0 Å². The van der Waals surface area contributed by atoms with Crippen LogP contribution in [0.5, 0.6) is 0 Å². The summed E-state index contributed by atoms with van der Waals surface area (Å²) >= 11 is 0. The van der Waals surface area contributed by atoms with Gasteiger partial charge in [0.15, 0.2) is 0 Å². The van der Waals surface area contributed by atoms with E-state index in [4.69, 9.17) is 5.11 Å². The van der Waals surface area contributed by atoms with E-state index in [-0.39, 0.29) is 12.3 Å². The molecule has 0 atom stereocenters. The van der Waals surface area contributed by atoms with E-state index in [1.807, 2.05) is 0 Å². The molecule has 1 N–H and O–H groups in total. The molecule has 6 heteroatoms. The van der Waals surface area contributed by atoms with Crippen molar-refractivity contribution in [2.75, 3.05) is 14.1 Å². The summed E-state index contributed by atoms with van der Waals surface area (Å²) in [5.74, 6) is -0.914. The van der Waals surface area contributed by atoms with Gasteiger partial charge in [-0.05, 0) is 18.9 Å². The van der Waals surface area contributed by atoms with Crippen molar-refractivity contribution in [1.82, 2.24) is 14.7 Å². The minimum absolute atomic E-state index is 0.130. The molecule has 0 aliphatic heterocycles. The van der Waals surface area contributed by atoms with Gasteiger partial charge in [0, 0.05) is 33.3 Å². The minimum Gasteiger partial charge on any atom is -0.481 e. The van der Waals surface area contributed by atoms with Crippen LogP contribution in [0.1, 0.15) is 29.8 Å². The minimum atomic E-state index is -0.783. The average Bonchev–Trinajstić information content (AvgIpc) is 2.71. The van der Waals surface area contributed by atoms with Crippen LogP contribution in [0.4, 0.5) is 0 Å². The number of hydrogen-bond donors (Lipinski definition) is 1. The highest BCUT2D eigenvalue weighted by molar-refractivity contribution is 5.91. The molecule has 17 heavy (non-hydrogen) atoms. The molecule has 0 saturated carbocycles. The lowest BCUT2D eigenvalue weighted by Crippen LogP contribution is -2.22. The number of hydrogen-bond acceptors (Lipinski definition) is 3. The third-order valence-corrected chi connectivity index (χ3v) is 2.29. The SMILES string of the molecule is CN(C)C(=O)c1ccn(CCCCC(=O)O)n1. The lowest BCUT2D eigenvalue weighted by atomic mass is 10.2. The number of rotatable bonds is 6. The molecule has 0 unspecified atom stereocenters. The quantitative estimate of drug-likeness (QED) is 0.746. The van der Waals surface area contributed by atoms with Crippen LogP contribution >= 0.6 is 0 Å². The average molecular weight is 239 g/mol. The molecule has 0 spiro atoms. The summed E-state index contributed by atoms with van der Waals surface area (Å²) in [7, 11) is 3.35. The van der Waals surface area contributed by atoms with Crippen molar-refractivity contribution in [3.63, 3.8) is 0 Å². The van der Waals surface area contributed by atoms with E-state index in [1.165, 1.54) is 4.90 Å². The van der Waals surface area contributed by atoms with Crippen molar-refractivity contribution < 1.29 is 14.7 Å². The zero-order chi connectivity index (χ0) is 12.8. The maximum atomic E-state index is 11.5. The van der Waals surface area contributed by atoms with Crippen LogP contribution in [-0.4, -0.2) is 45.8 Å². The van der Waals surface area contributed by atoms with Crippen molar-refractivity contribution in [1.29, 1.82) is 0 Å². The van der Waals surface area contributed by atoms with Gasteiger partial charge in [-0.25, -0.2) is 0 Å². The number of carbonyl (C=O) groups is 2. The number of carboxylic acids is 1. The van der Waals surface area contributed by atoms with Gasteiger partial charge in [-0.15, -0.1) is 0 Å². The Morgan fingerprint density at radius 1 is 1.41 bits per heavy atom. The van der Waals surface area contributed by atoms with Crippen molar-refractivity contribution in [2.45, 2.75) is 25.8 Å². The molecule has 0 fully saturated rings. The normalized spacial score (nSPS) is 10.2. The van der Waals surface area contributed by atoms with Gasteiger partial charge in [0.05, 0.1) is 0 Å². The Kier molecular flexibility index (Phi) is 4.68. The van der Waals surface area contributed by atoms with E-state index in [9.17, 15) is 9.59 Å². The summed E-state index contributed by atoms with van der Waals surface area (Å²) in [5.41, 5.74) is 0.410. The lowest BCUT2D eigenvalue weighted by Gasteiger charge is -2.06. The number of unbranched alkanes of at least 4 members (excludes halogenated alkanes) is 1. The lowest BCUT2D eigenvalue weighted by molar-refractivity contribution is -0.137. The maximum absolute atomic E-state index is 11.5. The summed E-state index contributed by atoms with van der Waals surface area (Å²) in [6.07, 6.45) is 3.26. The highest BCUT2D eigenvalue weighted by atomic mass is 16.4. The molecule has 0 aromatic carbocycles. The molecule has 94 valence electrons. The first-order chi connectivity index (χ1) is 8.00. The fraction of sp³-hybridized carbons (Fsp3) is 0.545. The number of aliphatic carboxylic acids is 1. The third-order valence-electron chi connectivity index (χ3n) is 2.29. The Morgan fingerprint density at radius 2 is 2.12 bits per heavy atom. The van der Waals surface area contributed by atoms with E-state index in [2.05, 4.69) is 5.10 Å². The van der Waals surface area contributed by atoms with Crippen LogP contribution in [0.2, 0.25) is 0 Å². The van der Waals surface area contributed by atoms with Gasteiger partial charge in [-0.1, -0.05) is 0 Å². The highest BCUT2D eigenvalue weighted by Gasteiger charge is 2.10. The molecule has 1 aromatic heterocycles. The second-order valence-electron chi connectivity index (χ2n) is 4.01. The van der Waals surface area contributed by atoms with Crippen LogP contribution in [-0.2, 0) is 11.3 Å². The zero-order valence-corrected chi connectivity index (χ0v) is 10.1. The highest BCUT2D eigenvalue weighted by Crippen LogP contribution is 2.02. The van der Waals surface area contributed by atoms with Crippen molar-refractivity contribution in [3.05, 3.63) is 18.0 Å². The van der Waals surface area contributed by atoms with Crippen molar-refractivity contribution >= 4 is 11.9 Å². The molecule has 0 saturated heterocycles. The molecule has 1 heterocycles. The number of aryl methyl sites for hydroxylation is 1. The van der Waals surface area contributed by atoms with Gasteiger partial charge >= 0.3 is 5.97 Å². The van der Waals surface area contributed by atoms with Crippen LogP contribution in [0, 0.1) is 0 Å². The predicted octanol–water partition coefficient (Wildman–Crippen LogP) is 0.840. The third kappa shape index (κ3) is 4.26. The Morgan fingerprint density at radius 3 is 2.71 bits per heavy atom. The molecule has 1 rings (SSSR count). The molecule has 0 radical (unpaired) electrons. The second-order valence-corrected chi connectivity index (χ2v) is 4.01. The fourth-order valence-corrected chi connectivity index (χ4v) is 1.38. The summed E-state index contributed by atoms with van der Waals surface area (Å²) < 4.78 is 1.67. The van der Waals surface area contributed by atoms with Crippen molar-refractivity contribution in [3.8, 4) is 0 Å². The van der Waals surface area contributed by atoms with Gasteiger partial charge in [0.1, 0.15) is 5.69 Å². The molecular weight excluding hydrogens is 222 g/mol. The number of carboxylic acid groups (broad SMARTS) is 1. The molecule has 0 bridgehead atoms. The fourth-order valence-electron chi connectivity index (χ4n) is 1.38. The number of carbonyl (C=O) groups excluding carboxylic acids is 1. The maximum Gasteiger partial charge on any atom is 0.303 e. The van der Waals surface area contributed by atoms with Gasteiger partial charge in [-0.2, -0.15) is 5.10 Å². The standard InChI is InChI=1S/C11H17N3O3/c1-13(2)11(17)9-6-8-14(12-9)7-4-3-5-10(15)16/h6,8H,3-5,7H2,1-2H3,(H,15,16). The second kappa shape index (κ2) is 6.03. The first kappa shape index (κ1) is 13.2. The Bertz CT molecular complexity index is 398. The molecule has 0 aliphatic rings. The largest absolute Gasteiger partial charge is 0.481 e. The van der Waals surface area contributed by atoms with Gasteiger partial charge in [0.25, 0.3) is 5.91 Å². The molecule has 1 aromatic rings. The summed E-state index contributed by atoms with van der Waals surface area (Å²) in [4.78, 5) is 23.3. The number of amides is 1. The van der Waals surface area contributed by atoms with Crippen LogP contribution in [0.15, 0.2) is 12.3 Å². The van der Waals surface area contributed by atoms with Crippen LogP contribution < -0.4 is 0 Å². The zero-order valence-electron chi connectivity index (χ0n) is 10.1. The summed E-state index contributed by atoms with van der Waals surface area (Å²) in [6.45, 7) is 0.633. The smallest absolute Gasteiger partial charge is 0.303 e. The van der Waals surface area contributed by atoms with E-state index < -0.39 is 5.97 Å². The Labute approximate surface area is 99.8 Å². The molecule has 1 amide bonds. The number of nitrogens with zero attached hydrogens (tertiary/aromatic N) is 3. The Balaban J connectivity index is 2.41. The van der Waals surface area contributed by atoms with Gasteiger partial charge in [-0.3, -0.25) is 14.3 Å². The first-order valence-corrected chi connectivity index (χ1v) is 5.47. The van der Waals surface area contributed by atoms with Gasteiger partial charge in [0.2, 0.25) is 0 Å². The van der Waals surface area contributed by atoms with Crippen molar-refractivity contribution in [2.24, 2.45) is 0 Å². The van der Waals surface area contributed by atoms with E-state index in [0.717, 1.165) is 6.42 Å². The van der Waals surface area contributed by atoms with E-state index in [0.29, 0.717) is 18.7 Å². The predicted molar refractivity (Wildman–Crippen MR) is 61.7 cm³/mol. The summed E-state index contributed by atoms with van der Waals surface area (Å²) in [6, 6.07) is 1.67. The van der Waals surface area contributed by atoms with Crippen LogP contribution in [0.25, 0.3) is 0 Å². The Hall–Kier alpha value is -1.85. The molecular formula is C11H17N3O3. The number of aromatic nitrogens is 2. The summed E-state index contributed by atoms with van der Waals surface area (Å²) in [5, 5.41) is 12.6.